The highest BCUT2D eigenvalue weighted by atomic mass is 16.1. The topological polar surface area (TPSA) is 43.1 Å². The fourth-order valence-corrected chi connectivity index (χ4v) is 2.69. The third-order valence-electron chi connectivity index (χ3n) is 4.06. The molecule has 0 rings (SSSR count). The first-order chi connectivity index (χ1) is 10.4. The molecule has 2 heteroatoms. The van der Waals surface area contributed by atoms with Gasteiger partial charge in [-0.15, -0.1) is 0 Å². The van der Waals surface area contributed by atoms with Gasteiger partial charge in [0.2, 0.25) is 0 Å². The third-order valence-corrected chi connectivity index (χ3v) is 4.06. The molecule has 0 aliphatic carbocycles. The summed E-state index contributed by atoms with van der Waals surface area (Å²) in [7, 11) is 0. The molecule has 0 aliphatic heterocycles. The highest BCUT2D eigenvalue weighted by Gasteiger charge is 1.94. The van der Waals surface area contributed by atoms with Gasteiger partial charge in [-0.05, 0) is 13.0 Å². The summed E-state index contributed by atoms with van der Waals surface area (Å²) < 4.78 is 0. The van der Waals surface area contributed by atoms with Crippen LogP contribution in [0.2, 0.25) is 0 Å². The van der Waals surface area contributed by atoms with Crippen molar-refractivity contribution >= 4 is 6.79 Å². The van der Waals surface area contributed by atoms with E-state index < -0.39 is 0 Å². The summed E-state index contributed by atoms with van der Waals surface area (Å²) in [5.74, 6) is 0. The van der Waals surface area contributed by atoms with E-state index in [1.165, 1.54) is 103 Å². The molecule has 0 aromatic carbocycles. The lowest BCUT2D eigenvalue weighted by Crippen LogP contribution is -1.97. The minimum atomic E-state index is 0.873. The van der Waals surface area contributed by atoms with E-state index in [2.05, 4.69) is 6.92 Å². The minimum absolute atomic E-state index is 0.873. The number of carbonyl (C=O) groups excluding carboxylic acids is 1. The van der Waals surface area contributed by atoms with Gasteiger partial charge in [0, 0.05) is 0 Å². The molecule has 0 fully saturated rings. The molecule has 0 heterocycles. The maximum absolute atomic E-state index is 8.00. The van der Waals surface area contributed by atoms with Crippen LogP contribution in [-0.4, -0.2) is 13.3 Å². The number of carbonyl (C=O) groups is 1. The van der Waals surface area contributed by atoms with Crippen molar-refractivity contribution in [3.8, 4) is 0 Å². The minimum Gasteiger partial charge on any atom is -0.330 e. The molecular formula is C19H41NO. The molecule has 2 N–H and O–H groups in total. The van der Waals surface area contributed by atoms with E-state index in [9.17, 15) is 0 Å². The fraction of sp³-hybridized carbons (Fsp3) is 0.947. The van der Waals surface area contributed by atoms with Crippen LogP contribution in [0.1, 0.15) is 110 Å². The Bertz CT molecular complexity index is 146. The largest absolute Gasteiger partial charge is 0.330 e. The molecule has 0 saturated heterocycles. The zero-order chi connectivity index (χ0) is 16.0. The molecule has 0 atom stereocenters. The highest BCUT2D eigenvalue weighted by molar-refractivity contribution is 5.10. The van der Waals surface area contributed by atoms with E-state index in [0.717, 1.165) is 6.54 Å². The molecule has 0 bridgehead atoms. The summed E-state index contributed by atoms with van der Waals surface area (Å²) in [5, 5.41) is 0. The van der Waals surface area contributed by atoms with Crippen molar-refractivity contribution in [3.63, 3.8) is 0 Å². The summed E-state index contributed by atoms with van der Waals surface area (Å²) >= 11 is 0. The van der Waals surface area contributed by atoms with Crippen LogP contribution in [0, 0.1) is 0 Å². The third kappa shape index (κ3) is 25.0. The number of unbranched alkanes of at least 4 members (excludes halogenated alkanes) is 15. The molecule has 128 valence electrons. The second kappa shape index (κ2) is 24.6. The van der Waals surface area contributed by atoms with Crippen LogP contribution >= 0.6 is 0 Å². The summed E-state index contributed by atoms with van der Waals surface area (Å²) in [4.78, 5) is 8.00. The van der Waals surface area contributed by atoms with Crippen LogP contribution in [0.25, 0.3) is 0 Å². The van der Waals surface area contributed by atoms with Gasteiger partial charge >= 0.3 is 0 Å². The van der Waals surface area contributed by atoms with E-state index in [0.29, 0.717) is 0 Å². The predicted octanol–water partition coefficient (Wildman–Crippen LogP) is 6.02. The molecule has 0 radical (unpaired) electrons. The predicted molar refractivity (Wildman–Crippen MR) is 95.7 cm³/mol. The van der Waals surface area contributed by atoms with Crippen molar-refractivity contribution in [1.82, 2.24) is 0 Å². The highest BCUT2D eigenvalue weighted by Crippen LogP contribution is 2.13. The Morgan fingerprint density at radius 2 is 0.762 bits per heavy atom. The number of hydrogen-bond donors (Lipinski definition) is 1. The summed E-state index contributed by atoms with van der Waals surface area (Å²) in [5.41, 5.74) is 5.48. The van der Waals surface area contributed by atoms with Gasteiger partial charge in [-0.2, -0.15) is 0 Å². The Balaban J connectivity index is 0. The van der Waals surface area contributed by atoms with Gasteiger partial charge in [0.15, 0.2) is 0 Å². The van der Waals surface area contributed by atoms with E-state index >= 15 is 0 Å². The summed E-state index contributed by atoms with van der Waals surface area (Å²) in [6, 6.07) is 0. The maximum Gasteiger partial charge on any atom is 0.106 e. The zero-order valence-electron chi connectivity index (χ0n) is 14.7. The first-order valence-electron chi connectivity index (χ1n) is 9.40. The SMILES string of the molecule is C=O.CCCCCCCCCCCCCCCCCCN. The van der Waals surface area contributed by atoms with Crippen LogP contribution in [0.3, 0.4) is 0 Å². The molecule has 0 saturated carbocycles. The average Bonchev–Trinajstić information content (AvgIpc) is 2.53. The monoisotopic (exact) mass is 299 g/mol. The van der Waals surface area contributed by atoms with E-state index in [1.54, 1.807) is 0 Å². The second-order valence-electron chi connectivity index (χ2n) is 6.09. The Morgan fingerprint density at radius 3 is 1.00 bits per heavy atom. The normalized spacial score (nSPS) is 10.2. The Labute approximate surface area is 134 Å². The number of nitrogens with two attached hydrogens (primary N) is 1. The van der Waals surface area contributed by atoms with Gasteiger partial charge in [-0.1, -0.05) is 103 Å². The van der Waals surface area contributed by atoms with Gasteiger partial charge in [-0.3, -0.25) is 0 Å². The van der Waals surface area contributed by atoms with Crippen LogP contribution < -0.4 is 5.73 Å². The maximum atomic E-state index is 8.00. The van der Waals surface area contributed by atoms with Crippen molar-refractivity contribution in [2.75, 3.05) is 6.54 Å². The second-order valence-corrected chi connectivity index (χ2v) is 6.09. The Kier molecular flexibility index (Phi) is 26.9. The van der Waals surface area contributed by atoms with Crippen LogP contribution in [0.4, 0.5) is 0 Å². The summed E-state index contributed by atoms with van der Waals surface area (Å²) in [6.07, 6.45) is 22.9. The molecule has 0 amide bonds. The first-order valence-corrected chi connectivity index (χ1v) is 9.40. The van der Waals surface area contributed by atoms with Crippen molar-refractivity contribution in [1.29, 1.82) is 0 Å². The fourth-order valence-electron chi connectivity index (χ4n) is 2.69. The van der Waals surface area contributed by atoms with Gasteiger partial charge in [0.05, 0.1) is 0 Å². The molecule has 0 aromatic rings. The lowest BCUT2D eigenvalue weighted by molar-refractivity contribution is -0.0979. The van der Waals surface area contributed by atoms with Gasteiger partial charge in [-0.25, -0.2) is 0 Å². The molecule has 0 aliphatic rings. The molecule has 0 unspecified atom stereocenters. The van der Waals surface area contributed by atoms with Crippen molar-refractivity contribution in [2.45, 2.75) is 110 Å². The zero-order valence-corrected chi connectivity index (χ0v) is 14.7. The lowest BCUT2D eigenvalue weighted by atomic mass is 10.0. The van der Waals surface area contributed by atoms with Crippen molar-refractivity contribution in [3.05, 3.63) is 0 Å². The summed E-state index contributed by atoms with van der Waals surface area (Å²) in [6.45, 7) is 5.16. The lowest BCUT2D eigenvalue weighted by Gasteiger charge is -2.03. The van der Waals surface area contributed by atoms with E-state index in [1.807, 2.05) is 6.79 Å². The van der Waals surface area contributed by atoms with Gasteiger partial charge in [0.1, 0.15) is 6.79 Å². The van der Waals surface area contributed by atoms with Gasteiger partial charge in [0.25, 0.3) is 0 Å². The average molecular weight is 300 g/mol. The smallest absolute Gasteiger partial charge is 0.106 e. The van der Waals surface area contributed by atoms with Gasteiger partial charge < -0.3 is 10.5 Å². The first kappa shape index (κ1) is 22.9. The van der Waals surface area contributed by atoms with Crippen LogP contribution in [0.15, 0.2) is 0 Å². The molecular weight excluding hydrogens is 258 g/mol. The Hall–Kier alpha value is -0.370. The standard InChI is InChI=1S/C18H39N.CH2O/c1-2-3-4-5-6-7-8-9-10-11-12-13-14-15-16-17-18-19;1-2/h2-19H2,1H3;1H2. The number of rotatable bonds is 16. The van der Waals surface area contributed by atoms with Crippen molar-refractivity contribution < 1.29 is 4.79 Å². The molecule has 0 aromatic heterocycles. The quantitative estimate of drug-likeness (QED) is 0.354. The molecule has 0 spiro atoms. The Morgan fingerprint density at radius 1 is 0.524 bits per heavy atom. The van der Waals surface area contributed by atoms with Crippen molar-refractivity contribution in [2.24, 2.45) is 5.73 Å². The number of hydrogen-bond acceptors (Lipinski definition) is 2. The molecule has 2 nitrogen and oxygen atoms in total. The van der Waals surface area contributed by atoms with E-state index in [4.69, 9.17) is 10.5 Å². The molecule has 21 heavy (non-hydrogen) atoms. The van der Waals surface area contributed by atoms with Crippen LogP contribution in [-0.2, 0) is 4.79 Å². The van der Waals surface area contributed by atoms with E-state index in [-0.39, 0.29) is 0 Å². The van der Waals surface area contributed by atoms with Crippen LogP contribution in [0.5, 0.6) is 0 Å².